The molecule has 0 saturated carbocycles. The van der Waals surface area contributed by atoms with Crippen molar-refractivity contribution in [3.8, 4) is 0 Å². The van der Waals surface area contributed by atoms with E-state index in [1.807, 2.05) is 0 Å². The SMILES string of the molecule is O=C(O)CN(CC(F)(F)F)C(=O)Cn1ccnn1. The van der Waals surface area contributed by atoms with Crippen LogP contribution in [0.4, 0.5) is 13.2 Å². The lowest BCUT2D eigenvalue weighted by molar-refractivity contribution is -0.166. The highest BCUT2D eigenvalue weighted by molar-refractivity contribution is 5.81. The first-order valence-electron chi connectivity index (χ1n) is 4.68. The van der Waals surface area contributed by atoms with Gasteiger partial charge in [0.25, 0.3) is 0 Å². The minimum absolute atomic E-state index is 0.198. The molecule has 0 atom stereocenters. The van der Waals surface area contributed by atoms with Gasteiger partial charge in [-0.2, -0.15) is 13.2 Å². The molecule has 0 aliphatic heterocycles. The van der Waals surface area contributed by atoms with Crippen molar-refractivity contribution in [2.45, 2.75) is 12.7 Å². The number of carboxylic acids is 1. The van der Waals surface area contributed by atoms with Crippen molar-refractivity contribution in [3.63, 3.8) is 0 Å². The Kier molecular flexibility index (Phi) is 4.23. The van der Waals surface area contributed by atoms with E-state index in [0.29, 0.717) is 0 Å². The van der Waals surface area contributed by atoms with E-state index in [0.717, 1.165) is 4.68 Å². The van der Waals surface area contributed by atoms with Gasteiger partial charge in [-0.1, -0.05) is 5.21 Å². The smallest absolute Gasteiger partial charge is 0.406 e. The topological polar surface area (TPSA) is 88.3 Å². The van der Waals surface area contributed by atoms with Gasteiger partial charge in [0.1, 0.15) is 19.6 Å². The van der Waals surface area contributed by atoms with Gasteiger partial charge in [-0.3, -0.25) is 9.59 Å². The summed E-state index contributed by atoms with van der Waals surface area (Å²) >= 11 is 0. The van der Waals surface area contributed by atoms with Gasteiger partial charge in [0, 0.05) is 6.20 Å². The molecule has 0 unspecified atom stereocenters. The molecule has 0 aliphatic rings. The number of rotatable bonds is 5. The number of carboxylic acid groups (broad SMARTS) is 1. The molecule has 0 fully saturated rings. The molecule has 7 nitrogen and oxygen atoms in total. The standard InChI is InChI=1S/C8H9F3N4O3/c9-8(10,11)5-14(4-7(17)18)6(16)3-15-2-1-12-13-15/h1-2H,3-5H2,(H,17,18). The molecule has 0 saturated heterocycles. The summed E-state index contributed by atoms with van der Waals surface area (Å²) in [5.41, 5.74) is 0. The van der Waals surface area contributed by atoms with Gasteiger partial charge in [0.15, 0.2) is 0 Å². The summed E-state index contributed by atoms with van der Waals surface area (Å²) in [7, 11) is 0. The van der Waals surface area contributed by atoms with E-state index in [2.05, 4.69) is 10.3 Å². The number of carbonyl (C=O) groups is 2. The minimum Gasteiger partial charge on any atom is -0.480 e. The highest BCUT2D eigenvalue weighted by Gasteiger charge is 2.33. The number of carbonyl (C=O) groups excluding carboxylic acids is 1. The molecule has 0 radical (unpaired) electrons. The van der Waals surface area contributed by atoms with Gasteiger partial charge < -0.3 is 10.0 Å². The Bertz CT molecular complexity index is 418. The van der Waals surface area contributed by atoms with Crippen LogP contribution >= 0.6 is 0 Å². The van der Waals surface area contributed by atoms with Gasteiger partial charge in [-0.25, -0.2) is 4.68 Å². The van der Waals surface area contributed by atoms with Crippen LogP contribution in [0.2, 0.25) is 0 Å². The number of nitrogens with zero attached hydrogens (tertiary/aromatic N) is 4. The van der Waals surface area contributed by atoms with Crippen LogP contribution in [0, 0.1) is 0 Å². The maximum absolute atomic E-state index is 12.2. The lowest BCUT2D eigenvalue weighted by Gasteiger charge is -2.21. The molecule has 18 heavy (non-hydrogen) atoms. The van der Waals surface area contributed by atoms with Crippen LogP contribution in [0.25, 0.3) is 0 Å². The Morgan fingerprint density at radius 2 is 2.06 bits per heavy atom. The summed E-state index contributed by atoms with van der Waals surface area (Å²) in [6, 6.07) is 0. The fourth-order valence-electron chi connectivity index (χ4n) is 1.17. The molecule has 0 aliphatic carbocycles. The third kappa shape index (κ3) is 4.80. The second kappa shape index (κ2) is 5.47. The summed E-state index contributed by atoms with van der Waals surface area (Å²) in [5, 5.41) is 15.2. The molecular formula is C8H9F3N4O3. The molecule has 10 heteroatoms. The Hall–Kier alpha value is -2.13. The number of aliphatic carboxylic acids is 1. The van der Waals surface area contributed by atoms with Crippen molar-refractivity contribution >= 4 is 11.9 Å². The molecule has 0 aromatic carbocycles. The quantitative estimate of drug-likeness (QED) is 0.794. The minimum atomic E-state index is -4.66. The van der Waals surface area contributed by atoms with Crippen LogP contribution < -0.4 is 0 Å². The fraction of sp³-hybridized carbons (Fsp3) is 0.500. The highest BCUT2D eigenvalue weighted by atomic mass is 19.4. The van der Waals surface area contributed by atoms with Gasteiger partial charge in [0.2, 0.25) is 5.91 Å². The predicted molar refractivity (Wildman–Crippen MR) is 50.3 cm³/mol. The normalized spacial score (nSPS) is 11.3. The van der Waals surface area contributed by atoms with Crippen molar-refractivity contribution < 1.29 is 27.9 Å². The van der Waals surface area contributed by atoms with Gasteiger partial charge in [0.05, 0.1) is 6.20 Å². The number of amides is 1. The average Bonchev–Trinajstić information content (AvgIpc) is 2.66. The Labute approximate surface area is 98.8 Å². The third-order valence-corrected chi connectivity index (χ3v) is 1.82. The van der Waals surface area contributed by atoms with E-state index in [4.69, 9.17) is 5.11 Å². The molecule has 0 bridgehead atoms. The highest BCUT2D eigenvalue weighted by Crippen LogP contribution is 2.16. The van der Waals surface area contributed by atoms with Crippen LogP contribution in [0.3, 0.4) is 0 Å². The molecule has 1 aromatic heterocycles. The molecule has 1 rings (SSSR count). The Morgan fingerprint density at radius 1 is 1.39 bits per heavy atom. The number of alkyl halides is 3. The molecular weight excluding hydrogens is 257 g/mol. The van der Waals surface area contributed by atoms with E-state index in [1.165, 1.54) is 12.4 Å². The fourth-order valence-corrected chi connectivity index (χ4v) is 1.17. The second-order valence-electron chi connectivity index (χ2n) is 3.36. The summed E-state index contributed by atoms with van der Waals surface area (Å²) in [5.74, 6) is -2.52. The molecule has 1 N–H and O–H groups in total. The summed E-state index contributed by atoms with van der Waals surface area (Å²) in [6.45, 7) is -3.14. The van der Waals surface area contributed by atoms with Crippen molar-refractivity contribution in [2.75, 3.05) is 13.1 Å². The molecule has 1 heterocycles. The maximum atomic E-state index is 12.2. The molecule has 1 amide bonds. The Balaban J connectivity index is 2.69. The summed E-state index contributed by atoms with van der Waals surface area (Å²) in [4.78, 5) is 22.1. The van der Waals surface area contributed by atoms with Crippen LogP contribution in [0.5, 0.6) is 0 Å². The summed E-state index contributed by atoms with van der Waals surface area (Å²) < 4.78 is 37.5. The summed E-state index contributed by atoms with van der Waals surface area (Å²) in [6.07, 6.45) is -2.13. The second-order valence-corrected chi connectivity index (χ2v) is 3.36. The number of halogens is 3. The first kappa shape index (κ1) is 13.9. The third-order valence-electron chi connectivity index (χ3n) is 1.82. The largest absolute Gasteiger partial charge is 0.480 e. The zero-order chi connectivity index (χ0) is 13.8. The maximum Gasteiger partial charge on any atom is 0.406 e. The lowest BCUT2D eigenvalue weighted by Crippen LogP contribution is -2.43. The lowest BCUT2D eigenvalue weighted by atomic mass is 10.4. The van der Waals surface area contributed by atoms with Crippen LogP contribution in [0.15, 0.2) is 12.4 Å². The van der Waals surface area contributed by atoms with Crippen molar-refractivity contribution in [1.82, 2.24) is 19.9 Å². The van der Waals surface area contributed by atoms with Crippen LogP contribution in [-0.2, 0) is 16.1 Å². The van der Waals surface area contributed by atoms with Crippen molar-refractivity contribution in [3.05, 3.63) is 12.4 Å². The monoisotopic (exact) mass is 266 g/mol. The zero-order valence-electron chi connectivity index (χ0n) is 8.96. The number of aromatic nitrogens is 3. The van der Waals surface area contributed by atoms with Gasteiger partial charge >= 0.3 is 12.1 Å². The number of hydrogen-bond donors (Lipinski definition) is 1. The Morgan fingerprint density at radius 3 is 2.50 bits per heavy atom. The van der Waals surface area contributed by atoms with Gasteiger partial charge in [-0.05, 0) is 0 Å². The van der Waals surface area contributed by atoms with E-state index >= 15 is 0 Å². The predicted octanol–water partition coefficient (Wildman–Crippen LogP) is -0.246. The molecule has 0 spiro atoms. The van der Waals surface area contributed by atoms with E-state index in [9.17, 15) is 22.8 Å². The average molecular weight is 266 g/mol. The molecule has 100 valence electrons. The van der Waals surface area contributed by atoms with Crippen molar-refractivity contribution in [1.29, 1.82) is 0 Å². The van der Waals surface area contributed by atoms with Crippen LogP contribution in [-0.4, -0.2) is 56.1 Å². The van der Waals surface area contributed by atoms with E-state index in [-0.39, 0.29) is 4.90 Å². The van der Waals surface area contributed by atoms with Crippen LogP contribution in [0.1, 0.15) is 0 Å². The first-order valence-corrected chi connectivity index (χ1v) is 4.68. The number of hydrogen-bond acceptors (Lipinski definition) is 4. The van der Waals surface area contributed by atoms with Gasteiger partial charge in [-0.15, -0.1) is 5.10 Å². The van der Waals surface area contributed by atoms with E-state index < -0.39 is 37.7 Å². The zero-order valence-corrected chi connectivity index (χ0v) is 8.96. The van der Waals surface area contributed by atoms with Crippen molar-refractivity contribution in [2.24, 2.45) is 0 Å². The first-order chi connectivity index (χ1) is 8.28. The molecule has 1 aromatic rings. The van der Waals surface area contributed by atoms with E-state index in [1.54, 1.807) is 0 Å².